The summed E-state index contributed by atoms with van der Waals surface area (Å²) in [6, 6.07) is 0. The molecule has 0 saturated carbocycles. The van der Waals surface area contributed by atoms with E-state index in [4.69, 9.17) is 5.73 Å². The van der Waals surface area contributed by atoms with Gasteiger partial charge in [-0.3, -0.25) is 4.40 Å². The summed E-state index contributed by atoms with van der Waals surface area (Å²) in [5.74, 6) is 1.49. The lowest BCUT2D eigenvalue weighted by Crippen LogP contribution is -2.24. The van der Waals surface area contributed by atoms with Crippen molar-refractivity contribution in [2.45, 2.75) is 6.42 Å². The Kier molecular flexibility index (Phi) is 2.21. The summed E-state index contributed by atoms with van der Waals surface area (Å²) in [4.78, 5) is 6.63. The first-order chi connectivity index (χ1) is 7.88. The summed E-state index contributed by atoms with van der Waals surface area (Å²) < 4.78 is 1.89. The van der Waals surface area contributed by atoms with Gasteiger partial charge in [0.05, 0.1) is 0 Å². The fourth-order valence-electron chi connectivity index (χ4n) is 2.19. The summed E-state index contributed by atoms with van der Waals surface area (Å²) >= 11 is 0. The smallest absolute Gasteiger partial charge is 0.203 e. The van der Waals surface area contributed by atoms with Crippen LogP contribution in [0.25, 0.3) is 5.65 Å². The van der Waals surface area contributed by atoms with Crippen molar-refractivity contribution < 1.29 is 0 Å². The van der Waals surface area contributed by atoms with Crippen molar-refractivity contribution in [2.75, 3.05) is 24.5 Å². The Morgan fingerprint density at radius 1 is 1.50 bits per heavy atom. The summed E-state index contributed by atoms with van der Waals surface area (Å²) in [5, 5.41) is 7.99. The van der Waals surface area contributed by atoms with E-state index in [0.29, 0.717) is 5.92 Å². The second kappa shape index (κ2) is 3.71. The minimum atomic E-state index is 0.574. The second-order valence-corrected chi connectivity index (χ2v) is 4.15. The lowest BCUT2D eigenvalue weighted by molar-refractivity contribution is 0.602. The molecule has 2 N–H and O–H groups in total. The molecular formula is C10H14N6. The Balaban J connectivity index is 1.97. The predicted octanol–water partition coefficient (Wildman–Crippen LogP) is -0.0907. The van der Waals surface area contributed by atoms with Gasteiger partial charge in [-0.25, -0.2) is 4.98 Å². The molecule has 0 aromatic carbocycles. The average Bonchev–Trinajstić information content (AvgIpc) is 2.97. The summed E-state index contributed by atoms with van der Waals surface area (Å²) in [5.41, 5.74) is 6.51. The SMILES string of the molecule is NCC1CCN(c2nccn3cnnc23)C1. The topological polar surface area (TPSA) is 72.3 Å². The van der Waals surface area contributed by atoms with E-state index < -0.39 is 0 Å². The third kappa shape index (κ3) is 1.42. The van der Waals surface area contributed by atoms with E-state index in [1.54, 1.807) is 12.5 Å². The zero-order valence-corrected chi connectivity index (χ0v) is 8.95. The normalized spacial score (nSPS) is 20.8. The Morgan fingerprint density at radius 2 is 2.44 bits per heavy atom. The number of hydrogen-bond donors (Lipinski definition) is 1. The van der Waals surface area contributed by atoms with E-state index >= 15 is 0 Å². The molecule has 1 fully saturated rings. The summed E-state index contributed by atoms with van der Waals surface area (Å²) in [6.45, 7) is 2.71. The van der Waals surface area contributed by atoms with Crippen LogP contribution < -0.4 is 10.6 Å². The molecule has 1 aliphatic rings. The molecule has 0 aliphatic carbocycles. The van der Waals surface area contributed by atoms with Crippen LogP contribution in [0.1, 0.15) is 6.42 Å². The van der Waals surface area contributed by atoms with E-state index in [2.05, 4.69) is 20.1 Å². The van der Waals surface area contributed by atoms with Crippen molar-refractivity contribution in [3.8, 4) is 0 Å². The molecule has 1 unspecified atom stereocenters. The molecule has 0 amide bonds. The molecule has 0 spiro atoms. The fourth-order valence-corrected chi connectivity index (χ4v) is 2.19. The number of nitrogens with zero attached hydrogens (tertiary/aromatic N) is 5. The standard InChI is InChI=1S/C10H14N6/c11-5-8-1-3-15(6-8)9-10-14-13-7-16(10)4-2-12-9/h2,4,7-8H,1,3,5-6,11H2. The third-order valence-corrected chi connectivity index (χ3v) is 3.12. The number of hydrogen-bond acceptors (Lipinski definition) is 5. The molecule has 0 bridgehead atoms. The van der Waals surface area contributed by atoms with Gasteiger partial charge in [-0.05, 0) is 18.9 Å². The van der Waals surface area contributed by atoms with Gasteiger partial charge in [0.1, 0.15) is 6.33 Å². The highest BCUT2D eigenvalue weighted by molar-refractivity contribution is 5.63. The number of nitrogens with two attached hydrogens (primary N) is 1. The van der Waals surface area contributed by atoms with Crippen LogP contribution in [0.2, 0.25) is 0 Å². The van der Waals surface area contributed by atoms with Crippen LogP contribution in [0.15, 0.2) is 18.7 Å². The van der Waals surface area contributed by atoms with Crippen LogP contribution in [0.5, 0.6) is 0 Å². The monoisotopic (exact) mass is 218 g/mol. The minimum Gasteiger partial charge on any atom is -0.353 e. The van der Waals surface area contributed by atoms with Crippen LogP contribution >= 0.6 is 0 Å². The molecule has 3 rings (SSSR count). The Hall–Kier alpha value is -1.69. The first-order valence-corrected chi connectivity index (χ1v) is 5.48. The van der Waals surface area contributed by atoms with Gasteiger partial charge in [-0.15, -0.1) is 10.2 Å². The molecule has 2 aromatic heterocycles. The molecule has 3 heterocycles. The van der Waals surface area contributed by atoms with Crippen molar-refractivity contribution >= 4 is 11.5 Å². The fraction of sp³-hybridized carbons (Fsp3) is 0.500. The maximum atomic E-state index is 5.69. The zero-order valence-electron chi connectivity index (χ0n) is 8.95. The van der Waals surface area contributed by atoms with Crippen LogP contribution in [0, 0.1) is 5.92 Å². The number of rotatable bonds is 2. The Labute approximate surface area is 93.1 Å². The van der Waals surface area contributed by atoms with Gasteiger partial charge >= 0.3 is 0 Å². The molecule has 6 heteroatoms. The number of aromatic nitrogens is 4. The van der Waals surface area contributed by atoms with Crippen molar-refractivity contribution in [1.82, 2.24) is 19.6 Å². The Bertz CT molecular complexity index is 493. The minimum absolute atomic E-state index is 0.574. The predicted molar refractivity (Wildman–Crippen MR) is 60.2 cm³/mol. The molecular weight excluding hydrogens is 204 g/mol. The van der Waals surface area contributed by atoms with Crippen LogP contribution in [-0.2, 0) is 0 Å². The quantitative estimate of drug-likeness (QED) is 0.762. The van der Waals surface area contributed by atoms with Gasteiger partial charge in [0.25, 0.3) is 0 Å². The van der Waals surface area contributed by atoms with Gasteiger partial charge in [0.15, 0.2) is 5.82 Å². The number of fused-ring (bicyclic) bond motifs is 1. The van der Waals surface area contributed by atoms with Gasteiger partial charge in [0, 0.05) is 25.5 Å². The zero-order chi connectivity index (χ0) is 11.0. The van der Waals surface area contributed by atoms with Gasteiger partial charge in [0.2, 0.25) is 5.65 Å². The van der Waals surface area contributed by atoms with Crippen molar-refractivity contribution in [3.63, 3.8) is 0 Å². The van der Waals surface area contributed by atoms with Crippen molar-refractivity contribution in [3.05, 3.63) is 18.7 Å². The molecule has 6 nitrogen and oxygen atoms in total. The maximum Gasteiger partial charge on any atom is 0.203 e. The highest BCUT2D eigenvalue weighted by Gasteiger charge is 2.24. The maximum absolute atomic E-state index is 5.69. The summed E-state index contributed by atoms with van der Waals surface area (Å²) in [6.07, 6.45) is 6.46. The highest BCUT2D eigenvalue weighted by Crippen LogP contribution is 2.23. The lowest BCUT2D eigenvalue weighted by Gasteiger charge is -2.17. The van der Waals surface area contributed by atoms with E-state index in [9.17, 15) is 0 Å². The molecule has 0 radical (unpaired) electrons. The molecule has 1 aliphatic heterocycles. The van der Waals surface area contributed by atoms with Crippen molar-refractivity contribution in [2.24, 2.45) is 11.7 Å². The molecule has 1 saturated heterocycles. The molecule has 2 aromatic rings. The third-order valence-electron chi connectivity index (χ3n) is 3.12. The van der Waals surface area contributed by atoms with E-state index in [-0.39, 0.29) is 0 Å². The van der Waals surface area contributed by atoms with Gasteiger partial charge in [-0.2, -0.15) is 0 Å². The lowest BCUT2D eigenvalue weighted by atomic mass is 10.1. The van der Waals surface area contributed by atoms with E-state index in [1.165, 1.54) is 0 Å². The van der Waals surface area contributed by atoms with E-state index in [1.807, 2.05) is 10.6 Å². The van der Waals surface area contributed by atoms with Crippen LogP contribution in [0.3, 0.4) is 0 Å². The van der Waals surface area contributed by atoms with Crippen LogP contribution in [0.4, 0.5) is 5.82 Å². The molecule has 1 atom stereocenters. The highest BCUT2D eigenvalue weighted by atomic mass is 15.3. The first-order valence-electron chi connectivity index (χ1n) is 5.48. The first kappa shape index (κ1) is 9.53. The molecule has 84 valence electrons. The van der Waals surface area contributed by atoms with E-state index in [0.717, 1.165) is 37.5 Å². The largest absolute Gasteiger partial charge is 0.353 e. The Morgan fingerprint density at radius 3 is 3.25 bits per heavy atom. The van der Waals surface area contributed by atoms with Gasteiger partial charge in [-0.1, -0.05) is 0 Å². The summed E-state index contributed by atoms with van der Waals surface area (Å²) in [7, 11) is 0. The number of anilines is 1. The van der Waals surface area contributed by atoms with Crippen molar-refractivity contribution in [1.29, 1.82) is 0 Å². The second-order valence-electron chi connectivity index (χ2n) is 4.15. The molecule has 16 heavy (non-hydrogen) atoms. The van der Waals surface area contributed by atoms with Crippen LogP contribution in [-0.4, -0.2) is 39.2 Å². The van der Waals surface area contributed by atoms with Gasteiger partial charge < -0.3 is 10.6 Å². The average molecular weight is 218 g/mol.